The van der Waals surface area contributed by atoms with Gasteiger partial charge in [-0.3, -0.25) is 4.99 Å². The molecule has 4 nitrogen and oxygen atoms in total. The Morgan fingerprint density at radius 3 is 2.42 bits per heavy atom. The van der Waals surface area contributed by atoms with Gasteiger partial charge in [-0.1, -0.05) is 45.1 Å². The molecule has 33 heavy (non-hydrogen) atoms. The molecule has 1 rings (SSSR count). The lowest BCUT2D eigenvalue weighted by atomic mass is 10.0. The normalized spacial score (nSPS) is 13.6. The van der Waals surface area contributed by atoms with Crippen molar-refractivity contribution in [3.63, 3.8) is 0 Å². The zero-order valence-electron chi connectivity index (χ0n) is 21.6. The highest BCUT2D eigenvalue weighted by atomic mass is 16.5. The standard InChI is InChI=1S/C29H41N3O/c1-8-13-14-16-25-17-18-26(29(22(6)10-3)31-21-24(11-4)20-30)27(19-25)33-28(12-5)32-23(7)15-9-2/h11-12,17-19,21H,8-10,13,15,20,30H2,1-7H3/b24-11-,28-12+,29-22-,31-21-,32-23-. The van der Waals surface area contributed by atoms with E-state index in [-0.39, 0.29) is 0 Å². The first-order valence-electron chi connectivity index (χ1n) is 12.0. The van der Waals surface area contributed by atoms with Crippen molar-refractivity contribution in [1.82, 2.24) is 0 Å². The lowest BCUT2D eigenvalue weighted by Gasteiger charge is -2.15. The number of benzene rings is 1. The summed E-state index contributed by atoms with van der Waals surface area (Å²) in [5, 5.41) is 0. The molecule has 0 aliphatic carbocycles. The summed E-state index contributed by atoms with van der Waals surface area (Å²) in [5.74, 6) is 7.75. The van der Waals surface area contributed by atoms with Gasteiger partial charge in [-0.2, -0.15) is 0 Å². The van der Waals surface area contributed by atoms with Crippen LogP contribution in [-0.4, -0.2) is 18.5 Å². The van der Waals surface area contributed by atoms with Gasteiger partial charge >= 0.3 is 0 Å². The SMILES string of the molecule is C\C=C(/C=N\C(=C(\C)CC)c1ccc(C#CCCC)cc1OC(=C/C)/N=C(/C)CCC)CN. The summed E-state index contributed by atoms with van der Waals surface area (Å²) in [6, 6.07) is 6.07. The van der Waals surface area contributed by atoms with Gasteiger partial charge in [-0.25, -0.2) is 4.99 Å². The van der Waals surface area contributed by atoms with E-state index in [1.54, 1.807) is 0 Å². The zero-order chi connectivity index (χ0) is 24.6. The predicted octanol–water partition coefficient (Wildman–Crippen LogP) is 7.46. The molecule has 2 N–H and O–H groups in total. The van der Waals surface area contributed by atoms with Crippen molar-refractivity contribution in [1.29, 1.82) is 0 Å². The molecule has 0 radical (unpaired) electrons. The second kappa shape index (κ2) is 15.8. The Kier molecular flexibility index (Phi) is 13.5. The lowest BCUT2D eigenvalue weighted by Crippen LogP contribution is -2.04. The van der Waals surface area contributed by atoms with Gasteiger partial charge in [0, 0.05) is 36.0 Å². The van der Waals surface area contributed by atoms with Gasteiger partial charge < -0.3 is 10.5 Å². The van der Waals surface area contributed by atoms with Gasteiger partial charge in [-0.05, 0) is 82.4 Å². The molecule has 178 valence electrons. The van der Waals surface area contributed by atoms with Crippen molar-refractivity contribution in [2.75, 3.05) is 6.54 Å². The summed E-state index contributed by atoms with van der Waals surface area (Å²) in [4.78, 5) is 9.52. The summed E-state index contributed by atoms with van der Waals surface area (Å²) in [6.07, 6.45) is 10.5. The van der Waals surface area contributed by atoms with E-state index < -0.39 is 0 Å². The summed E-state index contributed by atoms with van der Waals surface area (Å²) < 4.78 is 6.35. The molecule has 1 aromatic rings. The minimum Gasteiger partial charge on any atom is -0.439 e. The largest absolute Gasteiger partial charge is 0.439 e. The second-order valence-electron chi connectivity index (χ2n) is 7.90. The van der Waals surface area contributed by atoms with Gasteiger partial charge in [-0.15, -0.1) is 0 Å². The smallest absolute Gasteiger partial charge is 0.214 e. The van der Waals surface area contributed by atoms with E-state index in [2.05, 4.69) is 39.5 Å². The van der Waals surface area contributed by atoms with Gasteiger partial charge in [0.2, 0.25) is 5.88 Å². The fourth-order valence-corrected chi connectivity index (χ4v) is 3.00. The molecule has 0 fully saturated rings. The zero-order valence-corrected chi connectivity index (χ0v) is 21.6. The van der Waals surface area contributed by atoms with Crippen molar-refractivity contribution in [2.24, 2.45) is 15.7 Å². The first-order chi connectivity index (χ1) is 15.9. The Balaban J connectivity index is 3.62. The number of hydrogen-bond donors (Lipinski definition) is 1. The molecule has 0 unspecified atom stereocenters. The Labute approximate surface area is 201 Å². The highest BCUT2D eigenvalue weighted by Gasteiger charge is 2.14. The van der Waals surface area contributed by atoms with Gasteiger partial charge in [0.05, 0.1) is 5.70 Å². The van der Waals surface area contributed by atoms with Gasteiger partial charge in [0.1, 0.15) is 5.75 Å². The molecule has 0 amide bonds. The number of nitrogens with zero attached hydrogens (tertiary/aromatic N) is 2. The number of nitrogens with two attached hydrogens (primary N) is 1. The third-order valence-electron chi connectivity index (χ3n) is 5.12. The quantitative estimate of drug-likeness (QED) is 0.217. The van der Waals surface area contributed by atoms with Crippen molar-refractivity contribution in [3.05, 3.63) is 58.5 Å². The Bertz CT molecular complexity index is 982. The van der Waals surface area contributed by atoms with Crippen LogP contribution in [0.25, 0.3) is 5.70 Å². The maximum absolute atomic E-state index is 6.35. The van der Waals surface area contributed by atoms with E-state index in [0.29, 0.717) is 18.2 Å². The maximum Gasteiger partial charge on any atom is 0.214 e. The molecular formula is C29H41N3O. The van der Waals surface area contributed by atoms with E-state index in [1.165, 1.54) is 5.57 Å². The number of unbranched alkanes of at least 4 members (excludes halogenated alkanes) is 1. The van der Waals surface area contributed by atoms with Crippen LogP contribution in [-0.2, 0) is 0 Å². The number of rotatable bonds is 11. The molecule has 1 aromatic carbocycles. The molecule has 0 saturated heterocycles. The van der Waals surface area contributed by atoms with Crippen molar-refractivity contribution < 1.29 is 4.74 Å². The van der Waals surface area contributed by atoms with E-state index in [0.717, 1.165) is 60.2 Å². The fraction of sp³-hybridized carbons (Fsp3) is 0.448. The average Bonchev–Trinajstić information content (AvgIpc) is 2.82. The first-order valence-corrected chi connectivity index (χ1v) is 12.0. The van der Waals surface area contributed by atoms with Crippen LogP contribution < -0.4 is 10.5 Å². The van der Waals surface area contributed by atoms with Crippen molar-refractivity contribution >= 4 is 17.6 Å². The Morgan fingerprint density at radius 1 is 1.09 bits per heavy atom. The van der Waals surface area contributed by atoms with Gasteiger partial charge in [0.25, 0.3) is 0 Å². The summed E-state index contributed by atoms with van der Waals surface area (Å²) >= 11 is 0. The predicted molar refractivity (Wildman–Crippen MR) is 145 cm³/mol. The average molecular weight is 448 g/mol. The van der Waals surface area contributed by atoms with Crippen LogP contribution in [0.15, 0.2) is 57.4 Å². The molecule has 4 heteroatoms. The third-order valence-corrected chi connectivity index (χ3v) is 5.12. The van der Waals surface area contributed by atoms with Crippen molar-refractivity contribution in [2.45, 2.75) is 80.6 Å². The topological polar surface area (TPSA) is 60.0 Å². The van der Waals surface area contributed by atoms with E-state index in [9.17, 15) is 0 Å². The lowest BCUT2D eigenvalue weighted by molar-refractivity contribution is 0.418. The molecule has 0 atom stereocenters. The van der Waals surface area contributed by atoms with Crippen LogP contribution in [0.4, 0.5) is 0 Å². The monoisotopic (exact) mass is 447 g/mol. The number of aliphatic imine (C=N–C) groups is 2. The molecule has 0 bridgehead atoms. The molecule has 0 aliphatic rings. The summed E-state index contributed by atoms with van der Waals surface area (Å²) in [5.41, 5.74) is 11.8. The van der Waals surface area contributed by atoms with Crippen LogP contribution in [0.5, 0.6) is 5.75 Å². The van der Waals surface area contributed by atoms with Crippen LogP contribution in [0.3, 0.4) is 0 Å². The molecule has 0 heterocycles. The molecular weight excluding hydrogens is 406 g/mol. The Hall–Kier alpha value is -2.90. The summed E-state index contributed by atoms with van der Waals surface area (Å²) in [7, 11) is 0. The molecule has 0 aliphatic heterocycles. The molecule has 0 saturated carbocycles. The fourth-order valence-electron chi connectivity index (χ4n) is 3.00. The number of hydrogen-bond acceptors (Lipinski definition) is 4. The molecule has 0 spiro atoms. The van der Waals surface area contributed by atoms with Gasteiger partial charge in [0.15, 0.2) is 0 Å². The molecule has 0 aromatic heterocycles. The van der Waals surface area contributed by atoms with Crippen LogP contribution in [0.2, 0.25) is 0 Å². The van der Waals surface area contributed by atoms with Crippen LogP contribution in [0, 0.1) is 11.8 Å². The van der Waals surface area contributed by atoms with Crippen LogP contribution >= 0.6 is 0 Å². The maximum atomic E-state index is 6.35. The number of ether oxygens (including phenoxy) is 1. The third kappa shape index (κ3) is 9.63. The first kappa shape index (κ1) is 28.1. The minimum atomic E-state index is 0.446. The van der Waals surface area contributed by atoms with E-state index >= 15 is 0 Å². The summed E-state index contributed by atoms with van der Waals surface area (Å²) in [6.45, 7) is 14.9. The van der Waals surface area contributed by atoms with Crippen molar-refractivity contribution in [3.8, 4) is 17.6 Å². The highest BCUT2D eigenvalue weighted by Crippen LogP contribution is 2.33. The van der Waals surface area contributed by atoms with Crippen LogP contribution in [0.1, 0.15) is 91.7 Å². The highest BCUT2D eigenvalue weighted by molar-refractivity contribution is 5.87. The second-order valence-corrected chi connectivity index (χ2v) is 7.90. The van der Waals surface area contributed by atoms with E-state index in [4.69, 9.17) is 20.5 Å². The minimum absolute atomic E-state index is 0.446. The Morgan fingerprint density at radius 2 is 1.85 bits per heavy atom. The number of allylic oxidation sites excluding steroid dienone is 3. The van der Waals surface area contributed by atoms with E-state index in [1.807, 2.05) is 57.3 Å².